The molecule has 0 aliphatic carbocycles. The summed E-state index contributed by atoms with van der Waals surface area (Å²) in [6.45, 7) is 1.80. The van der Waals surface area contributed by atoms with Gasteiger partial charge < -0.3 is 10.4 Å². The van der Waals surface area contributed by atoms with Crippen LogP contribution in [0.4, 0.5) is 8.78 Å². The minimum absolute atomic E-state index is 0.0436. The Morgan fingerprint density at radius 2 is 1.90 bits per heavy atom. The monoisotopic (exact) mass is 285 g/mol. The number of nitrogens with one attached hydrogen (secondary N) is 1. The second-order valence-electron chi connectivity index (χ2n) is 4.50. The zero-order valence-corrected chi connectivity index (χ0v) is 11.2. The molecule has 0 fully saturated rings. The zero-order valence-electron chi connectivity index (χ0n) is 11.2. The summed E-state index contributed by atoms with van der Waals surface area (Å²) in [6, 6.07) is 3.36. The Hall–Kier alpha value is -1.98. The number of halogens is 2. The molecule has 0 bridgehead atoms. The SMILES string of the molecule is CCCC(CNC(=O)Cc1c(F)cccc1F)C(=O)O. The predicted octanol–water partition coefficient (Wildman–Crippen LogP) is 2.12. The number of carboxylic acids is 1. The van der Waals surface area contributed by atoms with Gasteiger partial charge in [-0.15, -0.1) is 0 Å². The largest absolute Gasteiger partial charge is 0.481 e. The van der Waals surface area contributed by atoms with Crippen molar-refractivity contribution in [2.75, 3.05) is 6.54 Å². The number of hydrogen-bond donors (Lipinski definition) is 2. The Morgan fingerprint density at radius 1 is 1.30 bits per heavy atom. The van der Waals surface area contributed by atoms with E-state index in [1.165, 1.54) is 6.07 Å². The van der Waals surface area contributed by atoms with E-state index in [1.54, 1.807) is 0 Å². The van der Waals surface area contributed by atoms with Gasteiger partial charge in [-0.3, -0.25) is 9.59 Å². The molecule has 1 aromatic carbocycles. The van der Waals surface area contributed by atoms with Gasteiger partial charge in [-0.1, -0.05) is 19.4 Å². The average molecular weight is 285 g/mol. The summed E-state index contributed by atoms with van der Waals surface area (Å²) in [5, 5.41) is 11.3. The van der Waals surface area contributed by atoms with E-state index in [1.807, 2.05) is 6.92 Å². The van der Waals surface area contributed by atoms with Gasteiger partial charge in [0.1, 0.15) is 11.6 Å². The summed E-state index contributed by atoms with van der Waals surface area (Å²) in [5.74, 6) is -3.86. The van der Waals surface area contributed by atoms with Gasteiger partial charge >= 0.3 is 5.97 Å². The van der Waals surface area contributed by atoms with Gasteiger partial charge in [0.05, 0.1) is 12.3 Å². The molecule has 1 rings (SSSR count). The van der Waals surface area contributed by atoms with Crippen LogP contribution >= 0.6 is 0 Å². The van der Waals surface area contributed by atoms with E-state index < -0.39 is 35.8 Å². The molecule has 2 N–H and O–H groups in total. The highest BCUT2D eigenvalue weighted by molar-refractivity contribution is 5.79. The molecule has 0 aliphatic rings. The lowest BCUT2D eigenvalue weighted by molar-refractivity contribution is -0.141. The van der Waals surface area contributed by atoms with E-state index in [0.717, 1.165) is 12.1 Å². The first-order valence-electron chi connectivity index (χ1n) is 6.38. The van der Waals surface area contributed by atoms with Crippen molar-refractivity contribution in [3.63, 3.8) is 0 Å². The average Bonchev–Trinajstić information content (AvgIpc) is 2.38. The van der Waals surface area contributed by atoms with Gasteiger partial charge in [0.25, 0.3) is 0 Å². The molecule has 0 aliphatic heterocycles. The lowest BCUT2D eigenvalue weighted by atomic mass is 10.0. The first kappa shape index (κ1) is 16.1. The first-order chi connectivity index (χ1) is 9.45. The first-order valence-corrected chi connectivity index (χ1v) is 6.38. The lowest BCUT2D eigenvalue weighted by Gasteiger charge is -2.12. The lowest BCUT2D eigenvalue weighted by Crippen LogP contribution is -2.34. The molecule has 0 saturated heterocycles. The summed E-state index contributed by atoms with van der Waals surface area (Å²) in [4.78, 5) is 22.5. The van der Waals surface area contributed by atoms with Crippen LogP contribution in [0.2, 0.25) is 0 Å². The van der Waals surface area contributed by atoms with Gasteiger partial charge in [0.15, 0.2) is 0 Å². The van der Waals surface area contributed by atoms with Gasteiger partial charge in [0.2, 0.25) is 5.91 Å². The smallest absolute Gasteiger partial charge is 0.308 e. The van der Waals surface area contributed by atoms with Crippen molar-refractivity contribution in [3.05, 3.63) is 35.4 Å². The number of aliphatic carboxylic acids is 1. The Bertz CT molecular complexity index is 471. The van der Waals surface area contributed by atoms with Crippen LogP contribution in [0.3, 0.4) is 0 Å². The fraction of sp³-hybridized carbons (Fsp3) is 0.429. The van der Waals surface area contributed by atoms with Crippen molar-refractivity contribution in [2.24, 2.45) is 5.92 Å². The fourth-order valence-corrected chi connectivity index (χ4v) is 1.82. The molecule has 6 heteroatoms. The standard InChI is InChI=1S/C14H17F2NO3/c1-2-4-9(14(19)20)8-17-13(18)7-10-11(15)5-3-6-12(10)16/h3,5-6,9H,2,4,7-8H2,1H3,(H,17,18)(H,19,20). The summed E-state index contributed by atoms with van der Waals surface area (Å²) < 4.78 is 26.7. The van der Waals surface area contributed by atoms with Crippen molar-refractivity contribution in [2.45, 2.75) is 26.2 Å². The van der Waals surface area contributed by atoms with Crippen molar-refractivity contribution in [3.8, 4) is 0 Å². The summed E-state index contributed by atoms with van der Waals surface area (Å²) in [7, 11) is 0. The number of carbonyl (C=O) groups is 2. The molecular weight excluding hydrogens is 268 g/mol. The quantitative estimate of drug-likeness (QED) is 0.806. The van der Waals surface area contributed by atoms with E-state index in [4.69, 9.17) is 5.11 Å². The molecule has 1 unspecified atom stereocenters. The molecule has 110 valence electrons. The highest BCUT2D eigenvalue weighted by Gasteiger charge is 2.18. The van der Waals surface area contributed by atoms with Crippen molar-refractivity contribution in [1.29, 1.82) is 0 Å². The van der Waals surface area contributed by atoms with Crippen LogP contribution in [-0.2, 0) is 16.0 Å². The van der Waals surface area contributed by atoms with Crippen molar-refractivity contribution < 1.29 is 23.5 Å². The molecule has 0 saturated carbocycles. The molecule has 0 spiro atoms. The molecular formula is C14H17F2NO3. The van der Waals surface area contributed by atoms with Crippen LogP contribution in [0.15, 0.2) is 18.2 Å². The second kappa shape index (κ2) is 7.57. The van der Waals surface area contributed by atoms with Crippen LogP contribution in [0.5, 0.6) is 0 Å². The van der Waals surface area contributed by atoms with Crippen molar-refractivity contribution in [1.82, 2.24) is 5.32 Å². The van der Waals surface area contributed by atoms with Crippen LogP contribution in [-0.4, -0.2) is 23.5 Å². The highest BCUT2D eigenvalue weighted by atomic mass is 19.1. The number of benzene rings is 1. The summed E-state index contributed by atoms with van der Waals surface area (Å²) >= 11 is 0. The van der Waals surface area contributed by atoms with E-state index >= 15 is 0 Å². The molecule has 0 aromatic heterocycles. The number of carbonyl (C=O) groups excluding carboxylic acids is 1. The van der Waals surface area contributed by atoms with E-state index in [-0.39, 0.29) is 12.1 Å². The van der Waals surface area contributed by atoms with E-state index in [2.05, 4.69) is 5.32 Å². The summed E-state index contributed by atoms with van der Waals surface area (Å²) in [6.07, 6.45) is 0.662. The van der Waals surface area contributed by atoms with Crippen LogP contribution < -0.4 is 5.32 Å². The predicted molar refractivity (Wildman–Crippen MR) is 69.1 cm³/mol. The zero-order chi connectivity index (χ0) is 15.1. The van der Waals surface area contributed by atoms with E-state index in [0.29, 0.717) is 12.8 Å². The number of amides is 1. The van der Waals surface area contributed by atoms with Gasteiger partial charge in [-0.2, -0.15) is 0 Å². The van der Waals surface area contributed by atoms with Gasteiger partial charge in [-0.05, 0) is 18.6 Å². The third-order valence-corrected chi connectivity index (χ3v) is 2.93. The molecule has 1 amide bonds. The van der Waals surface area contributed by atoms with E-state index in [9.17, 15) is 18.4 Å². The Morgan fingerprint density at radius 3 is 2.40 bits per heavy atom. The maximum Gasteiger partial charge on any atom is 0.308 e. The molecule has 20 heavy (non-hydrogen) atoms. The normalized spacial score (nSPS) is 11.9. The molecule has 0 radical (unpaired) electrons. The van der Waals surface area contributed by atoms with Crippen molar-refractivity contribution >= 4 is 11.9 Å². The molecule has 4 nitrogen and oxygen atoms in total. The van der Waals surface area contributed by atoms with Gasteiger partial charge in [-0.25, -0.2) is 8.78 Å². The fourth-order valence-electron chi connectivity index (χ4n) is 1.82. The third-order valence-electron chi connectivity index (χ3n) is 2.93. The third kappa shape index (κ3) is 4.60. The maximum absolute atomic E-state index is 13.3. The van der Waals surface area contributed by atoms with Crippen LogP contribution in [0, 0.1) is 17.6 Å². The Kier molecular flexibility index (Phi) is 6.09. The second-order valence-corrected chi connectivity index (χ2v) is 4.50. The molecule has 1 aromatic rings. The summed E-state index contributed by atoms with van der Waals surface area (Å²) in [5.41, 5.74) is -0.313. The minimum atomic E-state index is -0.996. The number of rotatable bonds is 7. The minimum Gasteiger partial charge on any atom is -0.481 e. The topological polar surface area (TPSA) is 66.4 Å². The molecule has 0 heterocycles. The maximum atomic E-state index is 13.3. The van der Waals surface area contributed by atoms with Gasteiger partial charge in [0, 0.05) is 12.1 Å². The number of hydrogen-bond acceptors (Lipinski definition) is 2. The van der Waals surface area contributed by atoms with Crippen LogP contribution in [0.25, 0.3) is 0 Å². The Labute approximate surface area is 115 Å². The number of carboxylic acid groups (broad SMARTS) is 1. The molecule has 1 atom stereocenters. The Balaban J connectivity index is 2.58. The van der Waals surface area contributed by atoms with Crippen LogP contribution in [0.1, 0.15) is 25.3 Å². The highest BCUT2D eigenvalue weighted by Crippen LogP contribution is 2.12.